The molecule has 34 heavy (non-hydrogen) atoms. The molecule has 0 bridgehead atoms. The van der Waals surface area contributed by atoms with E-state index in [0.29, 0.717) is 32.6 Å². The van der Waals surface area contributed by atoms with E-state index in [0.717, 1.165) is 0 Å². The number of fused-ring (bicyclic) bond motifs is 3. The molecule has 0 aliphatic carbocycles. The van der Waals surface area contributed by atoms with Gasteiger partial charge in [0.2, 0.25) is 0 Å². The van der Waals surface area contributed by atoms with Gasteiger partial charge in [0.05, 0.1) is 30.8 Å². The van der Waals surface area contributed by atoms with Gasteiger partial charge in [-0.1, -0.05) is 35.3 Å². The second-order valence-electron chi connectivity index (χ2n) is 8.27. The summed E-state index contributed by atoms with van der Waals surface area (Å²) >= 11 is 13.0. The van der Waals surface area contributed by atoms with Gasteiger partial charge in [-0.15, -0.1) is 10.2 Å². The average molecular weight is 508 g/mol. The molecule has 0 saturated heterocycles. The molecule has 0 amide bonds. The smallest absolute Gasteiger partial charge is 0.308 e. The maximum atomic E-state index is 15.2. The van der Waals surface area contributed by atoms with Crippen LogP contribution in [0.3, 0.4) is 0 Å². The van der Waals surface area contributed by atoms with Crippen molar-refractivity contribution in [1.29, 1.82) is 0 Å². The number of aromatic nitrogens is 3. The number of halogens is 3. The van der Waals surface area contributed by atoms with E-state index in [1.165, 1.54) is 21.0 Å². The van der Waals surface area contributed by atoms with Crippen LogP contribution in [0.15, 0.2) is 36.4 Å². The third kappa shape index (κ3) is 4.50. The third-order valence-corrected chi connectivity index (χ3v) is 6.11. The highest BCUT2D eigenvalue weighted by atomic mass is 35.5. The topological polar surface area (TPSA) is 75.5 Å². The van der Waals surface area contributed by atoms with Gasteiger partial charge in [0.15, 0.2) is 17.3 Å². The highest BCUT2D eigenvalue weighted by molar-refractivity contribution is 6.33. The molecule has 2 atom stereocenters. The number of carbonyl (C=O) groups is 1. The lowest BCUT2D eigenvalue weighted by atomic mass is 9.98. The number of methoxy groups -OCH3 is 1. The van der Waals surface area contributed by atoms with E-state index < -0.39 is 23.8 Å². The van der Waals surface area contributed by atoms with Crippen molar-refractivity contribution in [1.82, 2.24) is 14.8 Å². The monoisotopic (exact) mass is 507 g/mol. The van der Waals surface area contributed by atoms with E-state index in [1.54, 1.807) is 47.9 Å². The molecule has 0 fully saturated rings. The van der Waals surface area contributed by atoms with Crippen LogP contribution >= 0.6 is 23.2 Å². The highest BCUT2D eigenvalue weighted by Crippen LogP contribution is 2.46. The molecule has 180 valence electrons. The maximum absolute atomic E-state index is 15.2. The zero-order valence-corrected chi connectivity index (χ0v) is 20.7. The van der Waals surface area contributed by atoms with Gasteiger partial charge in [0.1, 0.15) is 18.0 Å². The molecule has 2 heterocycles. The van der Waals surface area contributed by atoms with E-state index in [4.69, 9.17) is 37.4 Å². The molecule has 7 nitrogen and oxygen atoms in total. The number of benzene rings is 2. The van der Waals surface area contributed by atoms with Gasteiger partial charge in [-0.05, 0) is 45.0 Å². The molecule has 1 aliphatic heterocycles. The Kier molecular flexibility index (Phi) is 6.85. The lowest BCUT2D eigenvalue weighted by molar-refractivity contribution is -0.147. The molecular weight excluding hydrogens is 484 g/mol. The van der Waals surface area contributed by atoms with Gasteiger partial charge in [0.25, 0.3) is 0 Å². The van der Waals surface area contributed by atoms with E-state index in [1.807, 2.05) is 0 Å². The molecule has 0 radical (unpaired) electrons. The number of hydrogen-bond acceptors (Lipinski definition) is 6. The van der Waals surface area contributed by atoms with Crippen LogP contribution in [-0.2, 0) is 19.9 Å². The van der Waals surface area contributed by atoms with Gasteiger partial charge in [-0.3, -0.25) is 9.36 Å². The first-order valence-electron chi connectivity index (χ1n) is 10.7. The SMILES string of the molecule is CCOC(=O)CC1OC(c2cccc(OC)c2Cl)c2cc(Cl)ccc2-n2c1nnc2C(C)(C)F. The summed E-state index contributed by atoms with van der Waals surface area (Å²) in [6.45, 7) is 4.71. The largest absolute Gasteiger partial charge is 0.495 e. The molecule has 1 aliphatic rings. The van der Waals surface area contributed by atoms with Crippen molar-refractivity contribution in [3.63, 3.8) is 0 Å². The van der Waals surface area contributed by atoms with E-state index in [2.05, 4.69) is 10.2 Å². The Bertz CT molecular complexity index is 1230. The number of alkyl halides is 1. The van der Waals surface area contributed by atoms with Gasteiger partial charge < -0.3 is 14.2 Å². The van der Waals surface area contributed by atoms with Gasteiger partial charge in [0, 0.05) is 16.1 Å². The average Bonchev–Trinajstić information content (AvgIpc) is 3.18. The summed E-state index contributed by atoms with van der Waals surface area (Å²) < 4.78 is 33.8. The van der Waals surface area contributed by atoms with Crippen molar-refractivity contribution in [3.05, 3.63) is 69.2 Å². The van der Waals surface area contributed by atoms with Crippen molar-refractivity contribution in [2.75, 3.05) is 13.7 Å². The Morgan fingerprint density at radius 1 is 1.21 bits per heavy atom. The number of esters is 1. The zero-order valence-electron chi connectivity index (χ0n) is 19.1. The Hall–Kier alpha value is -2.68. The minimum Gasteiger partial charge on any atom is -0.495 e. The van der Waals surface area contributed by atoms with Crippen LogP contribution in [0, 0.1) is 0 Å². The molecule has 10 heteroatoms. The molecule has 1 aromatic heterocycles. The number of hydrogen-bond donors (Lipinski definition) is 0. The minimum absolute atomic E-state index is 0.0703. The fourth-order valence-corrected chi connectivity index (χ4v) is 4.49. The molecule has 2 unspecified atom stereocenters. The molecule has 0 saturated carbocycles. The summed E-state index contributed by atoms with van der Waals surface area (Å²) in [4.78, 5) is 12.5. The first-order valence-corrected chi connectivity index (χ1v) is 11.5. The second-order valence-corrected chi connectivity index (χ2v) is 9.08. The Morgan fingerprint density at radius 3 is 2.65 bits per heavy atom. The lowest BCUT2D eigenvalue weighted by Gasteiger charge is -2.24. The van der Waals surface area contributed by atoms with Gasteiger partial charge in [-0.2, -0.15) is 0 Å². The predicted octanol–water partition coefficient (Wildman–Crippen LogP) is 5.90. The van der Waals surface area contributed by atoms with Crippen LogP contribution in [0.2, 0.25) is 10.0 Å². The summed E-state index contributed by atoms with van der Waals surface area (Å²) in [6.07, 6.45) is -1.83. The van der Waals surface area contributed by atoms with E-state index in [9.17, 15) is 4.79 Å². The quantitative estimate of drug-likeness (QED) is 0.386. The predicted molar refractivity (Wildman–Crippen MR) is 125 cm³/mol. The maximum Gasteiger partial charge on any atom is 0.308 e. The lowest BCUT2D eigenvalue weighted by Crippen LogP contribution is -2.19. The van der Waals surface area contributed by atoms with Gasteiger partial charge >= 0.3 is 5.97 Å². The van der Waals surface area contributed by atoms with Crippen LogP contribution in [0.4, 0.5) is 4.39 Å². The van der Waals surface area contributed by atoms with E-state index in [-0.39, 0.29) is 24.7 Å². The van der Waals surface area contributed by atoms with Crippen molar-refractivity contribution in [2.45, 2.75) is 45.1 Å². The zero-order chi connectivity index (χ0) is 24.6. The van der Waals surface area contributed by atoms with Crippen LogP contribution in [0.25, 0.3) is 5.69 Å². The Morgan fingerprint density at radius 2 is 1.97 bits per heavy atom. The number of nitrogens with zero attached hydrogens (tertiary/aromatic N) is 3. The summed E-state index contributed by atoms with van der Waals surface area (Å²) in [7, 11) is 1.52. The summed E-state index contributed by atoms with van der Waals surface area (Å²) in [5.74, 6) is 0.324. The number of carbonyl (C=O) groups excluding carboxylic acids is 1. The Balaban J connectivity index is 1.98. The van der Waals surface area contributed by atoms with Crippen LogP contribution in [0.5, 0.6) is 5.75 Å². The molecular formula is C24H24Cl2FN3O4. The first-order chi connectivity index (χ1) is 16.2. The standard InChI is InChI=1S/C24H24Cl2FN3O4/c1-5-33-19(31)12-18-22-28-29-23(24(2,3)27)30(22)16-10-9-13(25)11-15(16)21(34-18)14-7-6-8-17(32-4)20(14)26/h6-11,18,21H,5,12H2,1-4H3. The van der Waals surface area contributed by atoms with E-state index >= 15 is 4.39 Å². The van der Waals surface area contributed by atoms with Gasteiger partial charge in [-0.25, -0.2) is 4.39 Å². The fraction of sp³-hybridized carbons (Fsp3) is 0.375. The van der Waals surface area contributed by atoms with Crippen molar-refractivity contribution < 1.29 is 23.4 Å². The summed E-state index contributed by atoms with van der Waals surface area (Å²) in [5.41, 5.74) is -0.0523. The van der Waals surface area contributed by atoms with Crippen molar-refractivity contribution in [3.8, 4) is 11.4 Å². The fourth-order valence-electron chi connectivity index (χ4n) is 4.00. The van der Waals surface area contributed by atoms with Crippen LogP contribution in [0.1, 0.15) is 62.2 Å². The summed E-state index contributed by atoms with van der Waals surface area (Å²) in [5, 5.41) is 9.13. The normalized spacial score (nSPS) is 17.5. The first kappa shape index (κ1) is 24.4. The molecule has 3 aromatic rings. The van der Waals surface area contributed by atoms with Crippen LogP contribution in [-0.4, -0.2) is 34.5 Å². The molecule has 2 aromatic carbocycles. The summed E-state index contributed by atoms with van der Waals surface area (Å²) in [6, 6.07) is 10.5. The molecule has 0 spiro atoms. The molecule has 4 rings (SSSR count). The van der Waals surface area contributed by atoms with Crippen molar-refractivity contribution in [2.24, 2.45) is 0 Å². The van der Waals surface area contributed by atoms with Crippen LogP contribution < -0.4 is 4.74 Å². The molecule has 0 N–H and O–H groups in total. The second kappa shape index (κ2) is 9.52. The van der Waals surface area contributed by atoms with Crippen molar-refractivity contribution >= 4 is 29.2 Å². The number of ether oxygens (including phenoxy) is 3. The Labute approximate surface area is 206 Å². The highest BCUT2D eigenvalue weighted by Gasteiger charge is 2.39. The number of rotatable bonds is 6. The third-order valence-electron chi connectivity index (χ3n) is 5.47. The minimum atomic E-state index is -1.83.